The highest BCUT2D eigenvalue weighted by atomic mass is 16.4. The van der Waals surface area contributed by atoms with Gasteiger partial charge in [-0.2, -0.15) is 0 Å². The molecule has 0 aromatic rings. The maximum Gasteiger partial charge on any atom is 0.303 e. The van der Waals surface area contributed by atoms with Crippen LogP contribution in [-0.2, 0) is 14.4 Å². The molecule has 3 fully saturated rings. The van der Waals surface area contributed by atoms with Crippen molar-refractivity contribution in [2.75, 3.05) is 6.61 Å². The van der Waals surface area contributed by atoms with Crippen LogP contribution >= 0.6 is 0 Å². The van der Waals surface area contributed by atoms with Crippen molar-refractivity contribution in [1.29, 1.82) is 0 Å². The third kappa shape index (κ3) is 4.25. The average molecular weight is 435 g/mol. The zero-order valence-corrected chi connectivity index (χ0v) is 19.1. The van der Waals surface area contributed by atoms with Gasteiger partial charge in [0.05, 0.1) is 6.10 Å². The first-order chi connectivity index (χ1) is 14.6. The Balaban J connectivity index is 0.000000401. The summed E-state index contributed by atoms with van der Waals surface area (Å²) in [6, 6.07) is 0. The lowest BCUT2D eigenvalue weighted by molar-refractivity contribution is -0.146. The topological polar surface area (TPSA) is 112 Å². The van der Waals surface area contributed by atoms with Gasteiger partial charge in [-0.15, -0.1) is 0 Å². The molecule has 174 valence electrons. The van der Waals surface area contributed by atoms with E-state index in [0.29, 0.717) is 31.1 Å². The van der Waals surface area contributed by atoms with Gasteiger partial charge in [0.2, 0.25) is 0 Å². The number of fused-ring (bicyclic) bond motifs is 5. The number of carbonyl (C=O) groups is 3. The van der Waals surface area contributed by atoms with Gasteiger partial charge < -0.3 is 15.3 Å². The molecule has 6 heteroatoms. The summed E-state index contributed by atoms with van der Waals surface area (Å²) < 4.78 is 0. The smallest absolute Gasteiger partial charge is 0.303 e. The maximum absolute atomic E-state index is 12.3. The number of aliphatic hydroxyl groups is 2. The van der Waals surface area contributed by atoms with Gasteiger partial charge in [-0.25, -0.2) is 0 Å². The monoisotopic (exact) mass is 434 g/mol. The molecule has 6 nitrogen and oxygen atoms in total. The molecule has 7 unspecified atom stereocenters. The van der Waals surface area contributed by atoms with Crippen molar-refractivity contribution in [2.45, 2.75) is 84.7 Å². The quantitative estimate of drug-likeness (QED) is 0.624. The Hall–Kier alpha value is -1.53. The Morgan fingerprint density at radius 2 is 1.87 bits per heavy atom. The van der Waals surface area contributed by atoms with Crippen molar-refractivity contribution in [3.63, 3.8) is 0 Å². The summed E-state index contributed by atoms with van der Waals surface area (Å²) >= 11 is 0. The highest BCUT2D eigenvalue weighted by molar-refractivity contribution is 5.91. The van der Waals surface area contributed by atoms with Crippen molar-refractivity contribution in [1.82, 2.24) is 0 Å². The third-order valence-electron chi connectivity index (χ3n) is 8.90. The number of hydrogen-bond acceptors (Lipinski definition) is 5. The van der Waals surface area contributed by atoms with Gasteiger partial charge in [-0.1, -0.05) is 26.3 Å². The van der Waals surface area contributed by atoms with Gasteiger partial charge in [-0.05, 0) is 79.6 Å². The number of ketones is 2. The summed E-state index contributed by atoms with van der Waals surface area (Å²) in [4.78, 5) is 33.8. The summed E-state index contributed by atoms with van der Waals surface area (Å²) in [5.74, 6) is 0.407. The number of aliphatic hydroxyl groups excluding tert-OH is 2. The van der Waals surface area contributed by atoms with Gasteiger partial charge in [0.15, 0.2) is 11.6 Å². The fourth-order valence-corrected chi connectivity index (χ4v) is 7.54. The largest absolute Gasteiger partial charge is 0.481 e. The number of carboxylic acids is 1. The van der Waals surface area contributed by atoms with Gasteiger partial charge in [0.25, 0.3) is 0 Å². The maximum atomic E-state index is 12.3. The first kappa shape index (κ1) is 24.1. The van der Waals surface area contributed by atoms with Gasteiger partial charge >= 0.3 is 5.97 Å². The van der Waals surface area contributed by atoms with Crippen LogP contribution in [0.15, 0.2) is 11.6 Å². The number of hydrogen-bond donors (Lipinski definition) is 3. The number of carboxylic acid groups (broad SMARTS) is 1. The number of carbonyl (C=O) groups excluding carboxylic acids is 2. The van der Waals surface area contributed by atoms with Crippen LogP contribution in [0.3, 0.4) is 0 Å². The summed E-state index contributed by atoms with van der Waals surface area (Å²) in [7, 11) is 0. The summed E-state index contributed by atoms with van der Waals surface area (Å²) in [6.45, 7) is 5.87. The van der Waals surface area contributed by atoms with Crippen LogP contribution in [0.2, 0.25) is 0 Å². The predicted octanol–water partition coefficient (Wildman–Crippen LogP) is 3.54. The molecule has 0 saturated heterocycles. The zero-order chi connectivity index (χ0) is 23.0. The lowest BCUT2D eigenvalue weighted by atomic mass is 9.46. The van der Waals surface area contributed by atoms with Crippen LogP contribution in [0.25, 0.3) is 0 Å². The molecule has 3 saturated carbocycles. The molecule has 0 aromatic heterocycles. The third-order valence-corrected chi connectivity index (χ3v) is 8.90. The van der Waals surface area contributed by atoms with Crippen molar-refractivity contribution < 1.29 is 29.7 Å². The van der Waals surface area contributed by atoms with E-state index >= 15 is 0 Å². The van der Waals surface area contributed by atoms with Crippen LogP contribution in [0.1, 0.15) is 78.6 Å². The second-order valence-electron chi connectivity index (χ2n) is 10.6. The normalized spacial score (nSPS) is 41.1. The van der Waals surface area contributed by atoms with Crippen LogP contribution in [0.5, 0.6) is 0 Å². The highest BCUT2D eigenvalue weighted by Gasteiger charge is 2.62. The SMILES string of the molecule is CC12CCC(=O)C=C1CCC1C2C(O)CC2(C)C(C(=O)CO)CCC12.CCCC(=O)O. The molecule has 31 heavy (non-hydrogen) atoms. The van der Waals surface area contributed by atoms with Gasteiger partial charge in [-0.3, -0.25) is 14.4 Å². The van der Waals surface area contributed by atoms with Crippen molar-refractivity contribution in [2.24, 2.45) is 34.5 Å². The van der Waals surface area contributed by atoms with E-state index < -0.39 is 12.1 Å². The van der Waals surface area contributed by atoms with E-state index in [2.05, 4.69) is 13.8 Å². The fraction of sp³-hybridized carbons (Fsp3) is 0.800. The Kier molecular flexibility index (Phi) is 7.11. The molecule has 0 heterocycles. The molecule has 0 amide bonds. The van der Waals surface area contributed by atoms with E-state index in [1.807, 2.05) is 13.0 Å². The Morgan fingerprint density at radius 1 is 1.16 bits per heavy atom. The first-order valence-electron chi connectivity index (χ1n) is 11.9. The molecule has 4 aliphatic rings. The molecule has 0 bridgehead atoms. The average Bonchev–Trinajstić information content (AvgIpc) is 3.04. The van der Waals surface area contributed by atoms with Crippen LogP contribution < -0.4 is 0 Å². The van der Waals surface area contributed by atoms with Gasteiger partial charge in [0.1, 0.15) is 6.61 Å². The fourth-order valence-electron chi connectivity index (χ4n) is 7.54. The van der Waals surface area contributed by atoms with Crippen molar-refractivity contribution >= 4 is 17.5 Å². The highest BCUT2D eigenvalue weighted by Crippen LogP contribution is 2.66. The molecule has 0 aliphatic heterocycles. The molecule has 4 aliphatic carbocycles. The van der Waals surface area contributed by atoms with E-state index in [0.717, 1.165) is 38.5 Å². The summed E-state index contributed by atoms with van der Waals surface area (Å²) in [6.07, 6.45) is 8.34. The molecule has 4 rings (SSSR count). The Morgan fingerprint density at radius 3 is 2.45 bits per heavy atom. The van der Waals surface area contributed by atoms with E-state index in [1.165, 1.54) is 5.57 Å². The second kappa shape index (κ2) is 9.14. The van der Waals surface area contributed by atoms with E-state index in [-0.39, 0.29) is 40.8 Å². The molecule has 0 spiro atoms. The Bertz CT molecular complexity index is 757. The van der Waals surface area contributed by atoms with Crippen molar-refractivity contribution in [3.05, 3.63) is 11.6 Å². The summed E-state index contributed by atoms with van der Waals surface area (Å²) in [5.41, 5.74) is 0.979. The van der Waals surface area contributed by atoms with Crippen LogP contribution in [0.4, 0.5) is 0 Å². The number of rotatable bonds is 4. The lowest BCUT2D eigenvalue weighted by Gasteiger charge is -2.59. The van der Waals surface area contributed by atoms with Crippen LogP contribution in [-0.4, -0.2) is 45.6 Å². The molecular formula is C25H38O6. The van der Waals surface area contributed by atoms with Crippen molar-refractivity contribution in [3.8, 4) is 0 Å². The zero-order valence-electron chi connectivity index (χ0n) is 19.1. The minimum absolute atomic E-state index is 0.0541. The van der Waals surface area contributed by atoms with Gasteiger partial charge in [0, 0.05) is 18.8 Å². The van der Waals surface area contributed by atoms with E-state index in [9.17, 15) is 24.6 Å². The number of aliphatic carboxylic acids is 1. The standard InChI is InChI=1S/C21H30O4.C4H8O2/c1-20-8-7-13(23)9-12(20)3-4-14-15-5-6-16(18(25)11-22)21(15,2)10-17(24)19(14)20;1-2-3-4(5)6/h9,14-17,19,22,24H,3-8,10-11H2,1-2H3;2-3H2,1H3,(H,5,6). The molecule has 3 N–H and O–H groups in total. The molecule has 0 aromatic carbocycles. The van der Waals surface area contributed by atoms with Crippen LogP contribution in [0, 0.1) is 34.5 Å². The summed E-state index contributed by atoms with van der Waals surface area (Å²) in [5, 5.41) is 28.5. The number of Topliss-reactive ketones (excluding diaryl/α,β-unsaturated/α-hetero) is 1. The first-order valence-corrected chi connectivity index (χ1v) is 11.9. The number of allylic oxidation sites excluding steroid dienone is 1. The second-order valence-corrected chi connectivity index (χ2v) is 10.6. The minimum Gasteiger partial charge on any atom is -0.481 e. The molecular weight excluding hydrogens is 396 g/mol. The Labute approximate surface area is 185 Å². The molecule has 7 atom stereocenters. The van der Waals surface area contributed by atoms with E-state index in [4.69, 9.17) is 5.11 Å². The molecule has 0 radical (unpaired) electrons. The van der Waals surface area contributed by atoms with E-state index in [1.54, 1.807) is 0 Å². The predicted molar refractivity (Wildman–Crippen MR) is 116 cm³/mol. The minimum atomic E-state index is -0.711. The lowest BCUT2D eigenvalue weighted by Crippen LogP contribution is -2.57.